The summed E-state index contributed by atoms with van der Waals surface area (Å²) in [7, 11) is 0. The van der Waals surface area contributed by atoms with Crippen LogP contribution in [0.1, 0.15) is 66.7 Å². The summed E-state index contributed by atoms with van der Waals surface area (Å²) in [5.41, 5.74) is 3.60. The van der Waals surface area contributed by atoms with Crippen molar-refractivity contribution in [2.45, 2.75) is 72.3 Å². The molecular formula is C20H32O. The van der Waals surface area contributed by atoms with Gasteiger partial charge in [-0.05, 0) is 58.8 Å². The fraction of sp³-hybridized carbons (Fsp3) is 0.600. The zero-order chi connectivity index (χ0) is 15.9. The molecule has 1 rings (SSSR count). The van der Waals surface area contributed by atoms with Crippen molar-refractivity contribution in [3.05, 3.63) is 47.1 Å². The van der Waals surface area contributed by atoms with Crippen LogP contribution in [0.2, 0.25) is 0 Å². The van der Waals surface area contributed by atoms with Gasteiger partial charge in [-0.2, -0.15) is 0 Å². The maximum atomic E-state index is 10.3. The fourth-order valence-corrected chi connectivity index (χ4v) is 2.52. The van der Waals surface area contributed by atoms with Crippen molar-refractivity contribution in [1.82, 2.24) is 0 Å². The van der Waals surface area contributed by atoms with Crippen molar-refractivity contribution < 1.29 is 5.11 Å². The van der Waals surface area contributed by atoms with Crippen LogP contribution in [0.3, 0.4) is 0 Å². The van der Waals surface area contributed by atoms with Crippen LogP contribution in [0, 0.1) is 5.92 Å². The molecule has 1 unspecified atom stereocenters. The first-order valence-electron chi connectivity index (χ1n) is 8.22. The van der Waals surface area contributed by atoms with E-state index in [2.05, 4.69) is 52.0 Å². The van der Waals surface area contributed by atoms with Gasteiger partial charge in [0.05, 0.1) is 5.60 Å². The van der Waals surface area contributed by atoms with E-state index < -0.39 is 5.60 Å². The van der Waals surface area contributed by atoms with Crippen molar-refractivity contribution in [3.8, 4) is 0 Å². The number of hydrogen-bond donors (Lipinski definition) is 1. The van der Waals surface area contributed by atoms with Crippen LogP contribution in [0.4, 0.5) is 0 Å². The molecule has 0 saturated heterocycles. The molecule has 0 bridgehead atoms. The van der Waals surface area contributed by atoms with Gasteiger partial charge in [0.25, 0.3) is 0 Å². The van der Waals surface area contributed by atoms with E-state index in [1.165, 1.54) is 16.7 Å². The second kappa shape index (κ2) is 8.38. The minimum atomic E-state index is -0.694. The second-order valence-corrected chi connectivity index (χ2v) is 6.96. The molecule has 118 valence electrons. The molecular weight excluding hydrogens is 256 g/mol. The minimum absolute atomic E-state index is 0.603. The Hall–Kier alpha value is -1.08. The number of rotatable bonds is 1. The highest BCUT2D eigenvalue weighted by atomic mass is 16.3. The lowest BCUT2D eigenvalue weighted by molar-refractivity contribution is 0.103. The Labute approximate surface area is 131 Å². The van der Waals surface area contributed by atoms with Crippen molar-refractivity contribution in [2.24, 2.45) is 5.92 Å². The highest BCUT2D eigenvalue weighted by molar-refractivity contribution is 5.21. The Kier molecular flexibility index (Phi) is 7.17. The van der Waals surface area contributed by atoms with E-state index in [1.54, 1.807) is 0 Å². The topological polar surface area (TPSA) is 20.2 Å². The largest absolute Gasteiger partial charge is 0.386 e. The van der Waals surface area contributed by atoms with E-state index in [0.717, 1.165) is 32.1 Å². The quantitative estimate of drug-likeness (QED) is 0.611. The summed E-state index contributed by atoms with van der Waals surface area (Å²) >= 11 is 0. The summed E-state index contributed by atoms with van der Waals surface area (Å²) in [6.45, 7) is 10.8. The fourth-order valence-electron chi connectivity index (χ4n) is 2.52. The van der Waals surface area contributed by atoms with Gasteiger partial charge in [0.2, 0.25) is 0 Å². The standard InChI is InChI=1S/C20H32O/c1-16(2)19-12-10-17(3)8-6-14-20(5,21)15-7-9-18(4)11-13-19/h6,9-10,12,14,16,21H,7-8,11,13,15H2,1-5H3/b14-6+,17-10+,18-9+,19-12+. The van der Waals surface area contributed by atoms with Crippen LogP contribution < -0.4 is 0 Å². The molecule has 0 aromatic rings. The normalized spacial score (nSPS) is 34.9. The third-order valence-electron chi connectivity index (χ3n) is 4.19. The molecule has 1 N–H and O–H groups in total. The number of aliphatic hydroxyl groups is 1. The molecule has 1 heteroatoms. The highest BCUT2D eigenvalue weighted by Gasteiger charge is 2.14. The van der Waals surface area contributed by atoms with Crippen LogP contribution in [-0.2, 0) is 0 Å². The van der Waals surface area contributed by atoms with Gasteiger partial charge in [0, 0.05) is 0 Å². The monoisotopic (exact) mass is 288 g/mol. The summed E-state index contributed by atoms with van der Waals surface area (Å²) in [4.78, 5) is 0. The summed E-state index contributed by atoms with van der Waals surface area (Å²) < 4.78 is 0. The third kappa shape index (κ3) is 7.47. The molecule has 0 radical (unpaired) electrons. The molecule has 0 aromatic carbocycles. The molecule has 1 aliphatic carbocycles. The Morgan fingerprint density at radius 3 is 2.48 bits per heavy atom. The second-order valence-electron chi connectivity index (χ2n) is 6.96. The lowest BCUT2D eigenvalue weighted by Crippen LogP contribution is -2.20. The van der Waals surface area contributed by atoms with Gasteiger partial charge >= 0.3 is 0 Å². The average molecular weight is 288 g/mol. The van der Waals surface area contributed by atoms with Gasteiger partial charge in [-0.3, -0.25) is 0 Å². The van der Waals surface area contributed by atoms with E-state index in [-0.39, 0.29) is 0 Å². The lowest BCUT2D eigenvalue weighted by atomic mass is 9.93. The molecule has 1 nitrogen and oxygen atoms in total. The molecule has 1 atom stereocenters. The van der Waals surface area contributed by atoms with E-state index in [4.69, 9.17) is 0 Å². The SMILES string of the molecule is C/C1=C\C=C(\C(C)C)CC/C(C)=C/CCC(C)(O)/C=C/C1. The molecule has 0 fully saturated rings. The smallest absolute Gasteiger partial charge is 0.0802 e. The lowest BCUT2D eigenvalue weighted by Gasteiger charge is -2.18. The van der Waals surface area contributed by atoms with Crippen LogP contribution in [0.15, 0.2) is 47.1 Å². The van der Waals surface area contributed by atoms with Gasteiger partial charge in [-0.25, -0.2) is 0 Å². The predicted molar refractivity (Wildman–Crippen MR) is 93.3 cm³/mol. The summed E-state index contributed by atoms with van der Waals surface area (Å²) in [5.74, 6) is 0.603. The van der Waals surface area contributed by atoms with E-state index in [9.17, 15) is 5.11 Å². The first-order valence-corrected chi connectivity index (χ1v) is 8.22. The minimum Gasteiger partial charge on any atom is -0.386 e. The molecule has 0 saturated carbocycles. The van der Waals surface area contributed by atoms with Gasteiger partial charge in [-0.1, -0.05) is 60.9 Å². The van der Waals surface area contributed by atoms with Gasteiger partial charge < -0.3 is 5.11 Å². The molecule has 1 aliphatic rings. The first-order chi connectivity index (χ1) is 9.80. The van der Waals surface area contributed by atoms with E-state index >= 15 is 0 Å². The molecule has 21 heavy (non-hydrogen) atoms. The zero-order valence-electron chi connectivity index (χ0n) is 14.4. The number of hydrogen-bond acceptors (Lipinski definition) is 1. The Bertz CT molecular complexity index is 444. The average Bonchev–Trinajstić information content (AvgIpc) is 2.36. The van der Waals surface area contributed by atoms with E-state index in [0.29, 0.717) is 5.92 Å². The summed E-state index contributed by atoms with van der Waals surface area (Å²) in [5, 5.41) is 10.3. The molecule has 0 spiro atoms. The maximum Gasteiger partial charge on any atom is 0.0802 e. The van der Waals surface area contributed by atoms with E-state index in [1.807, 2.05) is 13.0 Å². The van der Waals surface area contributed by atoms with Crippen LogP contribution in [-0.4, -0.2) is 10.7 Å². The summed E-state index contributed by atoms with van der Waals surface area (Å²) in [6, 6.07) is 0. The Balaban J connectivity index is 2.96. The van der Waals surface area contributed by atoms with Gasteiger partial charge in [-0.15, -0.1) is 0 Å². The van der Waals surface area contributed by atoms with Crippen molar-refractivity contribution in [3.63, 3.8) is 0 Å². The van der Waals surface area contributed by atoms with Crippen LogP contribution >= 0.6 is 0 Å². The first kappa shape index (κ1) is 18.0. The number of allylic oxidation sites excluding steroid dienone is 7. The van der Waals surface area contributed by atoms with Crippen LogP contribution in [0.25, 0.3) is 0 Å². The maximum absolute atomic E-state index is 10.3. The predicted octanol–water partition coefficient (Wildman–Crippen LogP) is 5.73. The zero-order valence-corrected chi connectivity index (χ0v) is 14.4. The Morgan fingerprint density at radius 1 is 1.10 bits per heavy atom. The summed E-state index contributed by atoms with van der Waals surface area (Å²) in [6.07, 6.45) is 15.8. The third-order valence-corrected chi connectivity index (χ3v) is 4.19. The van der Waals surface area contributed by atoms with Gasteiger partial charge in [0.1, 0.15) is 0 Å². The molecule has 0 aliphatic heterocycles. The Morgan fingerprint density at radius 2 is 1.81 bits per heavy atom. The van der Waals surface area contributed by atoms with Crippen LogP contribution in [0.5, 0.6) is 0 Å². The molecule has 0 amide bonds. The van der Waals surface area contributed by atoms with Crippen molar-refractivity contribution >= 4 is 0 Å². The molecule has 0 heterocycles. The molecule has 0 aromatic heterocycles. The van der Waals surface area contributed by atoms with Crippen molar-refractivity contribution in [2.75, 3.05) is 0 Å². The van der Waals surface area contributed by atoms with Gasteiger partial charge in [0.15, 0.2) is 0 Å². The highest BCUT2D eigenvalue weighted by Crippen LogP contribution is 2.22. The van der Waals surface area contributed by atoms with Crippen molar-refractivity contribution in [1.29, 1.82) is 0 Å².